The number of benzene rings is 2. The van der Waals surface area contributed by atoms with Gasteiger partial charge in [-0.25, -0.2) is 8.78 Å². The second-order valence-electron chi connectivity index (χ2n) is 10.8. The fraction of sp³-hybridized carbons (Fsp3) is 0.467. The highest BCUT2D eigenvalue weighted by Gasteiger charge is 2.37. The third-order valence-corrected chi connectivity index (χ3v) is 7.81. The van der Waals surface area contributed by atoms with Crippen LogP contribution in [-0.2, 0) is 4.79 Å². The van der Waals surface area contributed by atoms with Crippen LogP contribution in [0.15, 0.2) is 42.6 Å². The lowest BCUT2D eigenvalue weighted by Crippen LogP contribution is -2.42. The Bertz CT molecular complexity index is 1310. The van der Waals surface area contributed by atoms with Crippen LogP contribution in [0, 0.1) is 17.0 Å². The molecule has 40 heavy (non-hydrogen) atoms. The lowest BCUT2D eigenvalue weighted by Gasteiger charge is -2.41. The molecule has 2 aromatic carbocycles. The van der Waals surface area contributed by atoms with Crippen molar-refractivity contribution in [2.45, 2.75) is 38.2 Å². The van der Waals surface area contributed by atoms with Gasteiger partial charge in [-0.2, -0.15) is 0 Å². The highest BCUT2D eigenvalue weighted by Crippen LogP contribution is 2.43. The molecule has 0 saturated carbocycles. The molecule has 3 aromatic rings. The van der Waals surface area contributed by atoms with Crippen LogP contribution in [0.2, 0.25) is 0 Å². The summed E-state index contributed by atoms with van der Waals surface area (Å²) in [7, 11) is 5.39. The molecule has 0 amide bonds. The molecule has 10 heteroatoms. The smallest absolute Gasteiger partial charge is 0.303 e. The van der Waals surface area contributed by atoms with E-state index in [4.69, 9.17) is 9.47 Å². The number of likely N-dealkylation sites (tertiary alicyclic amines) is 1. The number of aliphatic carboxylic acids is 1. The molecular formula is C30H37F2N3O5. The monoisotopic (exact) mass is 557 g/mol. The number of piperidine rings is 1. The highest BCUT2D eigenvalue weighted by atomic mass is 19.1. The number of aliphatic hydroxyl groups excluding tert-OH is 1. The summed E-state index contributed by atoms with van der Waals surface area (Å²) in [5, 5.41) is 22.0. The van der Waals surface area contributed by atoms with E-state index in [0.717, 1.165) is 40.4 Å². The molecule has 0 unspecified atom stereocenters. The molecule has 1 aromatic heterocycles. The Labute approximate surface area is 233 Å². The second kappa shape index (κ2) is 12.8. The number of fused-ring (bicyclic) bond motifs is 1. The summed E-state index contributed by atoms with van der Waals surface area (Å²) in [5.74, 6) is -1.43. The van der Waals surface area contributed by atoms with Gasteiger partial charge in [0.05, 0.1) is 37.0 Å². The molecule has 2 heterocycles. The summed E-state index contributed by atoms with van der Waals surface area (Å²) in [6.07, 6.45) is 3.22. The normalized spacial score (nSPS) is 16.1. The maximum Gasteiger partial charge on any atom is 0.303 e. The molecule has 2 N–H and O–H groups in total. The van der Waals surface area contributed by atoms with E-state index in [2.05, 4.69) is 9.88 Å². The minimum absolute atomic E-state index is 0.0259. The maximum absolute atomic E-state index is 13.4. The quantitative estimate of drug-likeness (QED) is 0.320. The highest BCUT2D eigenvalue weighted by molar-refractivity contribution is 5.88. The minimum Gasteiger partial charge on any atom is -0.497 e. The van der Waals surface area contributed by atoms with Crippen LogP contribution in [0.1, 0.15) is 43.8 Å². The molecular weight excluding hydrogens is 520 g/mol. The third-order valence-electron chi connectivity index (χ3n) is 7.81. The number of carboxylic acids is 1. The largest absolute Gasteiger partial charge is 0.497 e. The van der Waals surface area contributed by atoms with E-state index >= 15 is 0 Å². The molecule has 0 radical (unpaired) electrons. The fourth-order valence-electron chi connectivity index (χ4n) is 5.59. The molecule has 0 bridgehead atoms. The Balaban J connectivity index is 1.43. The number of nitrogens with zero attached hydrogens (tertiary/aromatic N) is 3. The molecule has 4 rings (SSSR count). The number of pyridine rings is 1. The number of carboxylic acid groups (broad SMARTS) is 1. The van der Waals surface area contributed by atoms with Gasteiger partial charge in [-0.15, -0.1) is 0 Å². The molecule has 8 nitrogen and oxygen atoms in total. The zero-order valence-corrected chi connectivity index (χ0v) is 23.2. The van der Waals surface area contributed by atoms with Crippen LogP contribution < -0.4 is 14.4 Å². The van der Waals surface area contributed by atoms with Crippen molar-refractivity contribution in [3.05, 3.63) is 59.8 Å². The van der Waals surface area contributed by atoms with Gasteiger partial charge in [-0.3, -0.25) is 14.7 Å². The maximum atomic E-state index is 13.4. The first-order valence-electron chi connectivity index (χ1n) is 13.4. The number of carbonyl (C=O) groups is 1. The van der Waals surface area contributed by atoms with Crippen LogP contribution >= 0.6 is 0 Å². The Morgan fingerprint density at radius 3 is 2.45 bits per heavy atom. The summed E-state index contributed by atoms with van der Waals surface area (Å²) in [5.41, 5.74) is 1.85. The molecule has 1 atom stereocenters. The van der Waals surface area contributed by atoms with Crippen LogP contribution in [-0.4, -0.2) is 73.5 Å². The Kier molecular flexibility index (Phi) is 9.42. The Hall–Kier alpha value is -3.50. The zero-order chi connectivity index (χ0) is 28.9. The third kappa shape index (κ3) is 7.17. The first-order valence-corrected chi connectivity index (χ1v) is 13.4. The van der Waals surface area contributed by atoms with Crippen molar-refractivity contribution in [2.75, 3.05) is 52.3 Å². The standard InChI is InChI=1S/C30H37F2N3O5/c1-34(2)26-19-33-25-5-4-22(39-3)17-24(25)29(26)27(36)6-7-30(18-28(37)38)8-10-35(11-9-30)12-13-40-23-15-20(31)14-21(32)16-23/h4-5,14-17,19,27,36H,6-13,18H2,1-3H3,(H,37,38)/t27-/m1/s1. The van der Waals surface area contributed by atoms with Crippen LogP contribution in [0.3, 0.4) is 0 Å². The average molecular weight is 558 g/mol. The van der Waals surface area contributed by atoms with Gasteiger partial charge in [0.25, 0.3) is 0 Å². The predicted octanol–water partition coefficient (Wildman–Crippen LogP) is 5.04. The average Bonchev–Trinajstić information content (AvgIpc) is 2.91. The lowest BCUT2D eigenvalue weighted by atomic mass is 9.71. The van der Waals surface area contributed by atoms with E-state index in [0.29, 0.717) is 51.1 Å². The van der Waals surface area contributed by atoms with Crippen molar-refractivity contribution in [3.8, 4) is 11.5 Å². The van der Waals surface area contributed by atoms with Crippen molar-refractivity contribution in [3.63, 3.8) is 0 Å². The lowest BCUT2D eigenvalue weighted by molar-refractivity contribution is -0.141. The number of halogens is 2. The number of anilines is 1. The topological polar surface area (TPSA) is 95.4 Å². The summed E-state index contributed by atoms with van der Waals surface area (Å²) in [6, 6.07) is 8.65. The number of rotatable bonds is 12. The zero-order valence-electron chi connectivity index (χ0n) is 23.2. The first-order chi connectivity index (χ1) is 19.1. The Morgan fingerprint density at radius 2 is 1.82 bits per heavy atom. The van der Waals surface area contributed by atoms with Crippen LogP contribution in [0.5, 0.6) is 11.5 Å². The van der Waals surface area contributed by atoms with Crippen molar-refractivity contribution in [1.82, 2.24) is 9.88 Å². The number of hydrogen-bond acceptors (Lipinski definition) is 7. The number of ether oxygens (including phenoxy) is 2. The van der Waals surface area contributed by atoms with Gasteiger partial charge in [-0.05, 0) is 62.4 Å². The van der Waals surface area contributed by atoms with Crippen molar-refractivity contribution < 1.29 is 33.3 Å². The molecule has 1 fully saturated rings. The van der Waals surface area contributed by atoms with Gasteiger partial charge in [-0.1, -0.05) is 0 Å². The molecule has 1 aliphatic heterocycles. The molecule has 0 spiro atoms. The van der Waals surface area contributed by atoms with E-state index in [-0.39, 0.29) is 18.8 Å². The van der Waals surface area contributed by atoms with Gasteiger partial charge < -0.3 is 24.6 Å². The van der Waals surface area contributed by atoms with Gasteiger partial charge in [0.15, 0.2) is 0 Å². The molecule has 0 aliphatic carbocycles. The molecule has 1 aliphatic rings. The van der Waals surface area contributed by atoms with E-state index in [1.54, 1.807) is 13.3 Å². The van der Waals surface area contributed by atoms with Gasteiger partial charge >= 0.3 is 5.97 Å². The molecule has 1 saturated heterocycles. The van der Waals surface area contributed by atoms with E-state index < -0.39 is 29.1 Å². The van der Waals surface area contributed by atoms with E-state index in [1.165, 1.54) is 0 Å². The predicted molar refractivity (Wildman–Crippen MR) is 149 cm³/mol. The number of aromatic nitrogens is 1. The number of hydrogen-bond donors (Lipinski definition) is 2. The number of methoxy groups -OCH3 is 1. The summed E-state index contributed by atoms with van der Waals surface area (Å²) in [4.78, 5) is 20.5. The van der Waals surface area contributed by atoms with E-state index in [1.807, 2.05) is 37.2 Å². The summed E-state index contributed by atoms with van der Waals surface area (Å²) in [6.45, 7) is 2.16. The van der Waals surface area contributed by atoms with Crippen molar-refractivity contribution >= 4 is 22.6 Å². The minimum atomic E-state index is -0.854. The first kappa shape index (κ1) is 29.5. The SMILES string of the molecule is COc1ccc2ncc(N(C)C)c([C@H](O)CCC3(CC(=O)O)CCN(CCOc4cc(F)cc(F)c4)CC3)c2c1. The van der Waals surface area contributed by atoms with Gasteiger partial charge in [0.1, 0.15) is 29.7 Å². The van der Waals surface area contributed by atoms with Crippen LogP contribution in [0.4, 0.5) is 14.5 Å². The summed E-state index contributed by atoms with van der Waals surface area (Å²) < 4.78 is 37.7. The van der Waals surface area contributed by atoms with Crippen molar-refractivity contribution in [2.24, 2.45) is 5.41 Å². The van der Waals surface area contributed by atoms with Gasteiger partial charge in [0.2, 0.25) is 0 Å². The summed E-state index contributed by atoms with van der Waals surface area (Å²) >= 11 is 0. The fourth-order valence-corrected chi connectivity index (χ4v) is 5.59. The van der Waals surface area contributed by atoms with Gasteiger partial charge in [0, 0.05) is 49.8 Å². The van der Waals surface area contributed by atoms with Crippen molar-refractivity contribution in [1.29, 1.82) is 0 Å². The molecule has 216 valence electrons. The van der Waals surface area contributed by atoms with E-state index in [9.17, 15) is 23.8 Å². The van der Waals surface area contributed by atoms with Crippen LogP contribution in [0.25, 0.3) is 10.9 Å². The Morgan fingerprint density at radius 1 is 1.12 bits per heavy atom. The second-order valence-corrected chi connectivity index (χ2v) is 10.8. The number of aliphatic hydroxyl groups is 1.